The summed E-state index contributed by atoms with van der Waals surface area (Å²) in [5, 5.41) is 10.0. The molecule has 1 aliphatic rings. The average Bonchev–Trinajstić information content (AvgIpc) is 1.92. The number of benzene rings is 1. The Morgan fingerprint density at radius 2 is 2.08 bits per heavy atom. The highest BCUT2D eigenvalue weighted by Crippen LogP contribution is 2.42. The SMILES string of the molecule is Cc1cc(O)cc(Cl)c1C1CCC1. The van der Waals surface area contributed by atoms with Crippen LogP contribution in [0.1, 0.15) is 36.3 Å². The molecule has 0 atom stereocenters. The predicted molar refractivity (Wildman–Crippen MR) is 54.4 cm³/mol. The maximum Gasteiger partial charge on any atom is 0.117 e. The van der Waals surface area contributed by atoms with Crippen molar-refractivity contribution in [2.24, 2.45) is 0 Å². The predicted octanol–water partition coefficient (Wildman–Crippen LogP) is 3.62. The summed E-state index contributed by atoms with van der Waals surface area (Å²) >= 11 is 6.08. The summed E-state index contributed by atoms with van der Waals surface area (Å²) in [6.07, 6.45) is 3.79. The van der Waals surface area contributed by atoms with E-state index in [-0.39, 0.29) is 5.75 Å². The highest BCUT2D eigenvalue weighted by Gasteiger charge is 2.23. The van der Waals surface area contributed by atoms with Crippen molar-refractivity contribution in [3.63, 3.8) is 0 Å². The third kappa shape index (κ3) is 1.53. The third-order valence-corrected chi connectivity index (χ3v) is 3.15. The van der Waals surface area contributed by atoms with Gasteiger partial charge in [-0.15, -0.1) is 0 Å². The van der Waals surface area contributed by atoms with Crippen LogP contribution in [0.25, 0.3) is 0 Å². The van der Waals surface area contributed by atoms with Gasteiger partial charge in [-0.3, -0.25) is 0 Å². The van der Waals surface area contributed by atoms with Crippen LogP contribution in [0.5, 0.6) is 5.75 Å². The number of aryl methyl sites for hydroxylation is 1. The van der Waals surface area contributed by atoms with Crippen LogP contribution in [-0.4, -0.2) is 5.11 Å². The van der Waals surface area contributed by atoms with Crippen LogP contribution in [0.4, 0.5) is 0 Å². The fourth-order valence-corrected chi connectivity index (χ4v) is 2.37. The summed E-state index contributed by atoms with van der Waals surface area (Å²) < 4.78 is 0. The lowest BCUT2D eigenvalue weighted by Crippen LogP contribution is -2.10. The Kier molecular flexibility index (Phi) is 2.20. The molecular weight excluding hydrogens is 184 g/mol. The van der Waals surface area contributed by atoms with E-state index in [1.807, 2.05) is 6.92 Å². The molecule has 2 heteroatoms. The van der Waals surface area contributed by atoms with Gasteiger partial charge in [-0.1, -0.05) is 18.0 Å². The number of halogens is 1. The van der Waals surface area contributed by atoms with E-state index in [1.54, 1.807) is 12.1 Å². The van der Waals surface area contributed by atoms with Gasteiger partial charge in [-0.2, -0.15) is 0 Å². The van der Waals surface area contributed by atoms with E-state index < -0.39 is 0 Å². The first-order valence-electron chi connectivity index (χ1n) is 4.67. The number of hydrogen-bond donors (Lipinski definition) is 1. The van der Waals surface area contributed by atoms with E-state index in [0.717, 1.165) is 10.6 Å². The molecule has 0 unspecified atom stereocenters. The van der Waals surface area contributed by atoms with Crippen molar-refractivity contribution in [1.82, 2.24) is 0 Å². The lowest BCUT2D eigenvalue weighted by atomic mass is 9.78. The Morgan fingerprint density at radius 1 is 1.38 bits per heavy atom. The zero-order valence-electron chi connectivity index (χ0n) is 7.68. The minimum absolute atomic E-state index is 0.269. The quantitative estimate of drug-likeness (QED) is 0.728. The summed E-state index contributed by atoms with van der Waals surface area (Å²) in [7, 11) is 0. The van der Waals surface area contributed by atoms with Gasteiger partial charge in [0.2, 0.25) is 0 Å². The molecule has 0 saturated heterocycles. The van der Waals surface area contributed by atoms with Gasteiger partial charge in [0.05, 0.1) is 0 Å². The lowest BCUT2D eigenvalue weighted by molar-refractivity contribution is 0.417. The molecule has 0 spiro atoms. The van der Waals surface area contributed by atoms with E-state index in [2.05, 4.69) is 0 Å². The Morgan fingerprint density at radius 3 is 2.54 bits per heavy atom. The van der Waals surface area contributed by atoms with Gasteiger partial charge >= 0.3 is 0 Å². The first kappa shape index (κ1) is 8.89. The van der Waals surface area contributed by atoms with E-state index in [9.17, 15) is 5.11 Å². The van der Waals surface area contributed by atoms with Crippen LogP contribution in [0, 0.1) is 6.92 Å². The fourth-order valence-electron chi connectivity index (χ4n) is 1.95. The largest absolute Gasteiger partial charge is 0.508 e. The van der Waals surface area contributed by atoms with Gasteiger partial charge in [-0.25, -0.2) is 0 Å². The molecule has 0 heterocycles. The van der Waals surface area contributed by atoms with Gasteiger partial charge in [-0.05, 0) is 48.9 Å². The van der Waals surface area contributed by atoms with Crippen molar-refractivity contribution in [2.45, 2.75) is 32.1 Å². The molecule has 0 amide bonds. The van der Waals surface area contributed by atoms with E-state index in [4.69, 9.17) is 11.6 Å². The highest BCUT2D eigenvalue weighted by molar-refractivity contribution is 6.31. The molecule has 0 aliphatic heterocycles. The number of hydrogen-bond acceptors (Lipinski definition) is 1. The molecule has 1 fully saturated rings. The molecular formula is C11H13ClO. The maximum absolute atomic E-state index is 9.31. The molecule has 1 N–H and O–H groups in total. The molecule has 0 aromatic heterocycles. The monoisotopic (exact) mass is 196 g/mol. The smallest absolute Gasteiger partial charge is 0.117 e. The van der Waals surface area contributed by atoms with Crippen molar-refractivity contribution < 1.29 is 5.11 Å². The number of phenols is 1. The van der Waals surface area contributed by atoms with Crippen LogP contribution >= 0.6 is 11.6 Å². The zero-order valence-corrected chi connectivity index (χ0v) is 8.43. The Bertz CT molecular complexity index is 306. The van der Waals surface area contributed by atoms with Crippen LogP contribution in [0.3, 0.4) is 0 Å². The molecule has 1 aromatic rings. The minimum atomic E-state index is 0.269. The Hall–Kier alpha value is -0.690. The van der Waals surface area contributed by atoms with E-state index in [1.165, 1.54) is 24.8 Å². The first-order valence-corrected chi connectivity index (χ1v) is 5.05. The van der Waals surface area contributed by atoms with Crippen LogP contribution in [-0.2, 0) is 0 Å². The number of phenolic OH excluding ortho intramolecular Hbond substituents is 1. The Balaban J connectivity index is 2.43. The second-order valence-corrected chi connectivity index (χ2v) is 4.19. The average molecular weight is 197 g/mol. The van der Waals surface area contributed by atoms with Gasteiger partial charge in [0, 0.05) is 5.02 Å². The molecule has 2 rings (SSSR count). The molecule has 13 heavy (non-hydrogen) atoms. The van der Waals surface area contributed by atoms with E-state index in [0.29, 0.717) is 5.92 Å². The van der Waals surface area contributed by atoms with Crippen LogP contribution < -0.4 is 0 Å². The maximum atomic E-state index is 9.31. The summed E-state index contributed by atoms with van der Waals surface area (Å²) in [4.78, 5) is 0. The van der Waals surface area contributed by atoms with Gasteiger partial charge < -0.3 is 5.11 Å². The molecule has 1 nitrogen and oxygen atoms in total. The van der Waals surface area contributed by atoms with Crippen LogP contribution in [0.2, 0.25) is 5.02 Å². The lowest BCUT2D eigenvalue weighted by Gasteiger charge is -2.28. The van der Waals surface area contributed by atoms with Crippen molar-refractivity contribution in [3.8, 4) is 5.75 Å². The van der Waals surface area contributed by atoms with Crippen molar-refractivity contribution in [1.29, 1.82) is 0 Å². The topological polar surface area (TPSA) is 20.2 Å². The summed E-state index contributed by atoms with van der Waals surface area (Å²) in [6.45, 7) is 2.01. The van der Waals surface area contributed by atoms with Crippen molar-refractivity contribution >= 4 is 11.6 Å². The van der Waals surface area contributed by atoms with Crippen molar-refractivity contribution in [2.75, 3.05) is 0 Å². The van der Waals surface area contributed by atoms with Gasteiger partial charge in [0.25, 0.3) is 0 Å². The summed E-state index contributed by atoms with van der Waals surface area (Å²) in [5.74, 6) is 0.902. The van der Waals surface area contributed by atoms with Crippen molar-refractivity contribution in [3.05, 3.63) is 28.3 Å². The standard InChI is InChI=1S/C11H13ClO/c1-7-5-9(13)6-10(12)11(7)8-3-2-4-8/h5-6,8,13H,2-4H2,1H3. The minimum Gasteiger partial charge on any atom is -0.508 e. The second-order valence-electron chi connectivity index (χ2n) is 3.79. The normalized spacial score (nSPS) is 17.1. The highest BCUT2D eigenvalue weighted by atomic mass is 35.5. The number of aromatic hydroxyl groups is 1. The summed E-state index contributed by atoms with van der Waals surface area (Å²) in [5.41, 5.74) is 2.36. The molecule has 0 bridgehead atoms. The first-order chi connectivity index (χ1) is 6.18. The molecule has 0 radical (unpaired) electrons. The van der Waals surface area contributed by atoms with E-state index >= 15 is 0 Å². The Labute approximate surface area is 83.3 Å². The van der Waals surface area contributed by atoms with Crippen LogP contribution in [0.15, 0.2) is 12.1 Å². The van der Waals surface area contributed by atoms with Gasteiger partial charge in [0.15, 0.2) is 0 Å². The third-order valence-electron chi connectivity index (χ3n) is 2.83. The molecule has 70 valence electrons. The van der Waals surface area contributed by atoms with Gasteiger partial charge in [0.1, 0.15) is 5.75 Å². The zero-order chi connectivity index (χ0) is 9.42. The molecule has 1 saturated carbocycles. The number of rotatable bonds is 1. The molecule has 1 aromatic carbocycles. The summed E-state index contributed by atoms with van der Waals surface area (Å²) in [6, 6.07) is 3.43. The second kappa shape index (κ2) is 3.22. The fraction of sp³-hybridized carbons (Fsp3) is 0.455. The molecule has 1 aliphatic carbocycles.